The zero-order valence-electron chi connectivity index (χ0n) is 9.02. The number of carboxylic acids is 1. The molecule has 0 saturated carbocycles. The van der Waals surface area contributed by atoms with E-state index in [9.17, 15) is 9.18 Å². The first-order valence-corrected chi connectivity index (χ1v) is 6.62. The molecular formula is C12H8BrFO3S. The van der Waals surface area contributed by atoms with Gasteiger partial charge in [-0.25, -0.2) is 9.18 Å². The second-order valence-corrected chi connectivity index (χ2v) is 5.22. The summed E-state index contributed by atoms with van der Waals surface area (Å²) in [5.41, 5.74) is 0.605. The van der Waals surface area contributed by atoms with E-state index in [0.717, 1.165) is 11.3 Å². The molecule has 0 amide bonds. The van der Waals surface area contributed by atoms with Crippen molar-refractivity contribution >= 4 is 33.2 Å². The molecule has 0 fully saturated rings. The van der Waals surface area contributed by atoms with E-state index in [-0.39, 0.29) is 17.3 Å². The fourth-order valence-corrected chi connectivity index (χ4v) is 2.47. The van der Waals surface area contributed by atoms with E-state index in [1.165, 1.54) is 18.2 Å². The van der Waals surface area contributed by atoms with Crippen LogP contribution in [0.15, 0.2) is 34.1 Å². The van der Waals surface area contributed by atoms with Gasteiger partial charge < -0.3 is 9.84 Å². The fraction of sp³-hybridized carbons (Fsp3) is 0.0833. The molecule has 1 aromatic carbocycles. The van der Waals surface area contributed by atoms with Crippen molar-refractivity contribution in [3.8, 4) is 5.75 Å². The number of rotatable bonds is 4. The molecule has 6 heteroatoms. The van der Waals surface area contributed by atoms with E-state index >= 15 is 0 Å². The molecule has 0 bridgehead atoms. The molecule has 18 heavy (non-hydrogen) atoms. The Kier molecular flexibility index (Phi) is 3.98. The number of benzene rings is 1. The normalized spacial score (nSPS) is 10.3. The van der Waals surface area contributed by atoms with Crippen molar-refractivity contribution in [2.75, 3.05) is 0 Å². The molecule has 1 aromatic heterocycles. The number of halogens is 2. The minimum absolute atomic E-state index is 0.142. The number of thiophene rings is 1. The summed E-state index contributed by atoms with van der Waals surface area (Å²) in [6, 6.07) is 5.98. The van der Waals surface area contributed by atoms with E-state index < -0.39 is 5.97 Å². The van der Waals surface area contributed by atoms with Crippen LogP contribution in [0, 0.1) is 5.82 Å². The molecule has 0 aliphatic heterocycles. The number of hydrogen-bond acceptors (Lipinski definition) is 3. The summed E-state index contributed by atoms with van der Waals surface area (Å²) in [6.45, 7) is 0.142. The molecule has 0 saturated heterocycles. The fourth-order valence-electron chi connectivity index (χ4n) is 1.36. The summed E-state index contributed by atoms with van der Waals surface area (Å²) in [5.74, 6) is -0.862. The summed E-state index contributed by atoms with van der Waals surface area (Å²) in [6.07, 6.45) is 0. The van der Waals surface area contributed by atoms with Gasteiger partial charge in [-0.3, -0.25) is 0 Å². The van der Waals surface area contributed by atoms with Gasteiger partial charge in [0.15, 0.2) is 0 Å². The topological polar surface area (TPSA) is 46.5 Å². The second-order valence-electron chi connectivity index (χ2n) is 3.44. The van der Waals surface area contributed by atoms with Crippen LogP contribution >= 0.6 is 27.3 Å². The highest BCUT2D eigenvalue weighted by molar-refractivity contribution is 9.10. The predicted molar refractivity (Wildman–Crippen MR) is 69.7 cm³/mol. The SMILES string of the molecule is O=C(O)c1sccc1COc1ccc(F)c(Br)c1. The molecule has 2 aromatic rings. The standard InChI is InChI=1S/C12H8BrFO3S/c13-9-5-8(1-2-10(9)14)17-6-7-3-4-18-11(7)12(15)16/h1-5H,6H2,(H,15,16). The third-order valence-corrected chi connectivity index (χ3v) is 3.78. The highest BCUT2D eigenvalue weighted by atomic mass is 79.9. The maximum Gasteiger partial charge on any atom is 0.346 e. The quantitative estimate of drug-likeness (QED) is 0.923. The highest BCUT2D eigenvalue weighted by Crippen LogP contribution is 2.24. The Morgan fingerprint density at radius 2 is 2.22 bits per heavy atom. The van der Waals surface area contributed by atoms with Gasteiger partial charge in [-0.15, -0.1) is 11.3 Å². The average molecular weight is 331 g/mol. The second kappa shape index (κ2) is 5.49. The van der Waals surface area contributed by atoms with Crippen LogP contribution in [0.5, 0.6) is 5.75 Å². The van der Waals surface area contributed by atoms with Crippen molar-refractivity contribution in [2.45, 2.75) is 6.61 Å². The zero-order valence-corrected chi connectivity index (χ0v) is 11.4. The number of hydrogen-bond donors (Lipinski definition) is 1. The van der Waals surface area contributed by atoms with E-state index in [2.05, 4.69) is 15.9 Å². The minimum atomic E-state index is -0.969. The monoisotopic (exact) mass is 330 g/mol. The largest absolute Gasteiger partial charge is 0.489 e. The molecule has 1 heterocycles. The molecule has 94 valence electrons. The van der Waals surface area contributed by atoms with Crippen LogP contribution in [-0.4, -0.2) is 11.1 Å². The zero-order chi connectivity index (χ0) is 13.1. The summed E-state index contributed by atoms with van der Waals surface area (Å²) in [7, 11) is 0. The van der Waals surface area contributed by atoms with Crippen molar-refractivity contribution in [3.63, 3.8) is 0 Å². The van der Waals surface area contributed by atoms with Crippen LogP contribution in [-0.2, 0) is 6.61 Å². The Hall–Kier alpha value is -1.40. The van der Waals surface area contributed by atoms with Gasteiger partial charge >= 0.3 is 5.97 Å². The molecule has 0 unspecified atom stereocenters. The van der Waals surface area contributed by atoms with Crippen LogP contribution in [0.3, 0.4) is 0 Å². The van der Waals surface area contributed by atoms with Crippen molar-refractivity contribution < 1.29 is 19.0 Å². The average Bonchev–Trinajstić information content (AvgIpc) is 2.79. The first-order valence-electron chi connectivity index (χ1n) is 4.95. The third kappa shape index (κ3) is 2.88. The van der Waals surface area contributed by atoms with Crippen molar-refractivity contribution in [1.29, 1.82) is 0 Å². The lowest BCUT2D eigenvalue weighted by atomic mass is 10.2. The molecule has 0 spiro atoms. The van der Waals surface area contributed by atoms with Crippen molar-refractivity contribution in [2.24, 2.45) is 0 Å². The van der Waals surface area contributed by atoms with E-state index in [4.69, 9.17) is 9.84 Å². The van der Waals surface area contributed by atoms with Gasteiger partial charge in [0.05, 0.1) is 4.47 Å². The summed E-state index contributed by atoms with van der Waals surface area (Å²) < 4.78 is 18.7. The first kappa shape index (κ1) is 13.0. The van der Waals surface area contributed by atoms with Crippen LogP contribution in [0.1, 0.15) is 15.2 Å². The Bertz CT molecular complexity index is 582. The van der Waals surface area contributed by atoms with Gasteiger partial charge in [0, 0.05) is 5.56 Å². The number of aromatic carboxylic acids is 1. The van der Waals surface area contributed by atoms with Crippen LogP contribution in [0.4, 0.5) is 4.39 Å². The Morgan fingerprint density at radius 3 is 2.89 bits per heavy atom. The Morgan fingerprint density at radius 1 is 1.44 bits per heavy atom. The third-order valence-electron chi connectivity index (χ3n) is 2.23. The number of carbonyl (C=O) groups is 1. The van der Waals surface area contributed by atoms with Gasteiger partial charge in [0.2, 0.25) is 0 Å². The molecule has 0 aliphatic rings. The number of carboxylic acid groups (broad SMARTS) is 1. The van der Waals surface area contributed by atoms with Crippen LogP contribution in [0.2, 0.25) is 0 Å². The lowest BCUT2D eigenvalue weighted by Crippen LogP contribution is -2.01. The maximum absolute atomic E-state index is 13.0. The smallest absolute Gasteiger partial charge is 0.346 e. The Balaban J connectivity index is 2.09. The lowest BCUT2D eigenvalue weighted by molar-refractivity contribution is 0.0699. The first-order chi connectivity index (χ1) is 8.58. The van der Waals surface area contributed by atoms with Gasteiger partial charge in [0.25, 0.3) is 0 Å². The van der Waals surface area contributed by atoms with Gasteiger partial charge in [-0.05, 0) is 45.6 Å². The molecule has 0 aliphatic carbocycles. The molecule has 1 N–H and O–H groups in total. The minimum Gasteiger partial charge on any atom is -0.489 e. The molecule has 0 radical (unpaired) electrons. The van der Waals surface area contributed by atoms with Crippen LogP contribution in [0.25, 0.3) is 0 Å². The maximum atomic E-state index is 13.0. The summed E-state index contributed by atoms with van der Waals surface area (Å²) in [5, 5.41) is 10.6. The summed E-state index contributed by atoms with van der Waals surface area (Å²) in [4.78, 5) is 11.2. The van der Waals surface area contributed by atoms with Crippen molar-refractivity contribution in [1.82, 2.24) is 0 Å². The molecule has 2 rings (SSSR count). The highest BCUT2D eigenvalue weighted by Gasteiger charge is 2.12. The van der Waals surface area contributed by atoms with Crippen LogP contribution < -0.4 is 4.74 Å². The Labute approximate surface area is 115 Å². The van der Waals surface area contributed by atoms with E-state index in [0.29, 0.717) is 15.8 Å². The van der Waals surface area contributed by atoms with Gasteiger partial charge in [0.1, 0.15) is 23.1 Å². The molecular weight excluding hydrogens is 323 g/mol. The van der Waals surface area contributed by atoms with Crippen molar-refractivity contribution in [3.05, 3.63) is 50.4 Å². The predicted octanol–water partition coefficient (Wildman–Crippen LogP) is 3.93. The molecule has 3 nitrogen and oxygen atoms in total. The lowest BCUT2D eigenvalue weighted by Gasteiger charge is -2.06. The van der Waals surface area contributed by atoms with Gasteiger partial charge in [-0.2, -0.15) is 0 Å². The summed E-state index contributed by atoms with van der Waals surface area (Å²) >= 11 is 4.21. The number of ether oxygens (including phenoxy) is 1. The van der Waals surface area contributed by atoms with Gasteiger partial charge in [-0.1, -0.05) is 0 Å². The van der Waals surface area contributed by atoms with E-state index in [1.807, 2.05) is 0 Å². The van der Waals surface area contributed by atoms with E-state index in [1.54, 1.807) is 11.4 Å². The molecule has 0 atom stereocenters.